The highest BCUT2D eigenvalue weighted by atomic mass is 16.5. The van der Waals surface area contributed by atoms with Crippen molar-refractivity contribution in [2.45, 2.75) is 39.2 Å². The molecule has 0 saturated heterocycles. The lowest BCUT2D eigenvalue weighted by Gasteiger charge is -2.41. The number of esters is 1. The van der Waals surface area contributed by atoms with E-state index in [4.69, 9.17) is 9.47 Å². The maximum atomic E-state index is 12.3. The van der Waals surface area contributed by atoms with Gasteiger partial charge in [-0.1, -0.05) is 6.92 Å². The van der Waals surface area contributed by atoms with Gasteiger partial charge in [0.15, 0.2) is 0 Å². The minimum Gasteiger partial charge on any atom is -0.496 e. The molecular formula is C18H23NO4. The van der Waals surface area contributed by atoms with Gasteiger partial charge in [0.2, 0.25) is 5.91 Å². The van der Waals surface area contributed by atoms with Crippen molar-refractivity contribution in [2.24, 2.45) is 11.8 Å². The molecule has 1 amide bonds. The number of carbonyl (C=O) groups excluding carboxylic acids is 2. The minimum atomic E-state index is -0.420. The molecule has 2 aliphatic rings. The van der Waals surface area contributed by atoms with Crippen LogP contribution in [0.15, 0.2) is 12.1 Å². The lowest BCUT2D eigenvalue weighted by molar-refractivity contribution is -0.117. The van der Waals surface area contributed by atoms with Gasteiger partial charge in [0.05, 0.1) is 19.9 Å². The molecule has 1 saturated carbocycles. The predicted molar refractivity (Wildman–Crippen MR) is 86.9 cm³/mol. The molecule has 5 heteroatoms. The predicted octanol–water partition coefficient (Wildman–Crippen LogP) is 2.81. The maximum absolute atomic E-state index is 12.3. The van der Waals surface area contributed by atoms with Gasteiger partial charge in [0.1, 0.15) is 11.3 Å². The summed E-state index contributed by atoms with van der Waals surface area (Å²) in [7, 11) is 2.88. The van der Waals surface area contributed by atoms with E-state index in [-0.39, 0.29) is 11.9 Å². The molecule has 124 valence electrons. The first kappa shape index (κ1) is 15.8. The summed E-state index contributed by atoms with van der Waals surface area (Å²) in [5, 5.41) is 0. The third-order valence-electron chi connectivity index (χ3n) is 4.93. The average Bonchev–Trinajstić information content (AvgIpc) is 3.35. The number of methoxy groups -OCH3 is 2. The largest absolute Gasteiger partial charge is 0.496 e. The van der Waals surface area contributed by atoms with Crippen molar-refractivity contribution in [3.05, 3.63) is 23.3 Å². The molecule has 2 atom stereocenters. The summed E-state index contributed by atoms with van der Waals surface area (Å²) in [4.78, 5) is 26.2. The third kappa shape index (κ3) is 2.69. The molecule has 1 aromatic carbocycles. The normalized spacial score (nSPS) is 23.2. The van der Waals surface area contributed by atoms with E-state index in [1.165, 1.54) is 27.1 Å². The van der Waals surface area contributed by atoms with Gasteiger partial charge >= 0.3 is 5.97 Å². The molecule has 1 aromatic rings. The number of hydrogen-bond acceptors (Lipinski definition) is 4. The maximum Gasteiger partial charge on any atom is 0.341 e. The van der Waals surface area contributed by atoms with Gasteiger partial charge in [-0.2, -0.15) is 0 Å². The molecule has 23 heavy (non-hydrogen) atoms. The Morgan fingerprint density at radius 2 is 1.91 bits per heavy atom. The van der Waals surface area contributed by atoms with Crippen LogP contribution in [0.5, 0.6) is 5.75 Å². The van der Waals surface area contributed by atoms with Gasteiger partial charge in [-0.15, -0.1) is 0 Å². The van der Waals surface area contributed by atoms with Gasteiger partial charge in [0.25, 0.3) is 0 Å². The van der Waals surface area contributed by atoms with Crippen LogP contribution >= 0.6 is 0 Å². The van der Waals surface area contributed by atoms with E-state index in [1.807, 2.05) is 17.0 Å². The average molecular weight is 317 g/mol. The van der Waals surface area contributed by atoms with Crippen LogP contribution in [0.1, 0.15) is 42.6 Å². The van der Waals surface area contributed by atoms with E-state index in [1.54, 1.807) is 6.92 Å². The molecule has 1 aliphatic heterocycles. The van der Waals surface area contributed by atoms with E-state index in [9.17, 15) is 9.59 Å². The monoisotopic (exact) mass is 317 g/mol. The first-order valence-corrected chi connectivity index (χ1v) is 8.07. The molecular weight excluding hydrogens is 294 g/mol. The van der Waals surface area contributed by atoms with Crippen LogP contribution in [0.3, 0.4) is 0 Å². The van der Waals surface area contributed by atoms with Crippen molar-refractivity contribution in [3.63, 3.8) is 0 Å². The first-order chi connectivity index (χ1) is 11.0. The lowest BCUT2D eigenvalue weighted by Crippen LogP contribution is -2.48. The quantitative estimate of drug-likeness (QED) is 0.805. The lowest BCUT2D eigenvalue weighted by atomic mass is 9.83. The molecule has 1 unspecified atom stereocenters. The Morgan fingerprint density at radius 1 is 1.22 bits per heavy atom. The molecule has 1 fully saturated rings. The Hall–Kier alpha value is -2.04. The molecule has 0 bridgehead atoms. The molecule has 0 aromatic heterocycles. The van der Waals surface area contributed by atoms with Gasteiger partial charge < -0.3 is 14.4 Å². The fraction of sp³-hybridized carbons (Fsp3) is 0.556. The van der Waals surface area contributed by atoms with E-state index >= 15 is 0 Å². The summed E-state index contributed by atoms with van der Waals surface area (Å²) in [6.45, 7) is 3.79. The summed E-state index contributed by atoms with van der Waals surface area (Å²) in [6, 6.07) is 3.87. The van der Waals surface area contributed by atoms with Crippen LogP contribution in [0.25, 0.3) is 0 Å². The van der Waals surface area contributed by atoms with E-state index < -0.39 is 5.97 Å². The molecule has 0 spiro atoms. The molecule has 1 aliphatic carbocycles. The van der Waals surface area contributed by atoms with Crippen LogP contribution in [0.2, 0.25) is 0 Å². The molecule has 5 nitrogen and oxygen atoms in total. The number of nitrogens with zero attached hydrogens (tertiary/aromatic N) is 1. The highest BCUT2D eigenvalue weighted by molar-refractivity contribution is 5.97. The minimum absolute atomic E-state index is 0.0440. The zero-order valence-corrected chi connectivity index (χ0v) is 14.1. The molecule has 3 rings (SSSR count). The Morgan fingerprint density at radius 3 is 2.43 bits per heavy atom. The molecule has 0 radical (unpaired) electrons. The Labute approximate surface area is 136 Å². The van der Waals surface area contributed by atoms with Gasteiger partial charge in [-0.05, 0) is 42.7 Å². The Bertz CT molecular complexity index is 651. The second kappa shape index (κ2) is 5.87. The number of hydrogen-bond donors (Lipinski definition) is 0. The van der Waals surface area contributed by atoms with Gasteiger partial charge in [0, 0.05) is 19.0 Å². The van der Waals surface area contributed by atoms with Crippen molar-refractivity contribution >= 4 is 17.6 Å². The number of anilines is 1. The van der Waals surface area contributed by atoms with Crippen LogP contribution in [0.4, 0.5) is 5.69 Å². The Kier molecular flexibility index (Phi) is 4.04. The molecule has 1 heterocycles. The van der Waals surface area contributed by atoms with E-state index in [0.717, 1.165) is 17.7 Å². The third-order valence-corrected chi connectivity index (χ3v) is 4.93. The second-order valence-corrected chi connectivity index (χ2v) is 6.57. The number of benzene rings is 1. The van der Waals surface area contributed by atoms with Crippen molar-refractivity contribution in [1.82, 2.24) is 0 Å². The highest BCUT2D eigenvalue weighted by Gasteiger charge is 2.44. The van der Waals surface area contributed by atoms with Crippen molar-refractivity contribution in [1.29, 1.82) is 0 Å². The van der Waals surface area contributed by atoms with Crippen LogP contribution < -0.4 is 9.64 Å². The summed E-state index contributed by atoms with van der Waals surface area (Å²) >= 11 is 0. The van der Waals surface area contributed by atoms with Gasteiger partial charge in [-0.3, -0.25) is 4.79 Å². The zero-order chi connectivity index (χ0) is 16.7. The Balaban J connectivity index is 2.12. The smallest absolute Gasteiger partial charge is 0.341 e. The number of amides is 1. The van der Waals surface area contributed by atoms with Crippen LogP contribution in [-0.4, -0.2) is 32.1 Å². The fourth-order valence-corrected chi connectivity index (χ4v) is 3.82. The standard InChI is InChI=1S/C18H23NO4/c1-10-7-13-8-14(18(21)23-4)16(22-3)9-15(13)19(11(2)20)17(10)12-5-6-12/h8-10,12,17H,5-7H2,1-4H3/t10?,17-/m1/s1. The second-order valence-electron chi connectivity index (χ2n) is 6.57. The number of fused-ring (bicyclic) bond motifs is 1. The summed E-state index contributed by atoms with van der Waals surface area (Å²) in [5.74, 6) is 1.04. The number of ether oxygens (including phenoxy) is 2. The van der Waals surface area contributed by atoms with Crippen molar-refractivity contribution in [3.8, 4) is 5.75 Å². The zero-order valence-electron chi connectivity index (χ0n) is 14.1. The van der Waals surface area contributed by atoms with E-state index in [0.29, 0.717) is 23.1 Å². The highest BCUT2D eigenvalue weighted by Crippen LogP contribution is 2.46. The summed E-state index contributed by atoms with van der Waals surface area (Å²) in [5.41, 5.74) is 2.29. The van der Waals surface area contributed by atoms with E-state index in [2.05, 4.69) is 6.92 Å². The summed E-state index contributed by atoms with van der Waals surface area (Å²) in [6.07, 6.45) is 3.23. The van der Waals surface area contributed by atoms with Crippen molar-refractivity contribution < 1.29 is 19.1 Å². The van der Waals surface area contributed by atoms with Gasteiger partial charge in [-0.25, -0.2) is 4.79 Å². The summed E-state index contributed by atoms with van der Waals surface area (Å²) < 4.78 is 10.2. The van der Waals surface area contributed by atoms with Crippen molar-refractivity contribution in [2.75, 3.05) is 19.1 Å². The SMILES string of the molecule is COC(=O)c1cc2c(cc1OC)N(C(C)=O)[C@@H](C1CC1)C(C)C2. The molecule has 0 N–H and O–H groups in total. The topological polar surface area (TPSA) is 55.8 Å². The van der Waals surface area contributed by atoms with Crippen LogP contribution in [0, 0.1) is 11.8 Å². The van der Waals surface area contributed by atoms with Crippen LogP contribution in [-0.2, 0) is 16.0 Å². The fourth-order valence-electron chi connectivity index (χ4n) is 3.82. The number of carbonyl (C=O) groups is 2. The number of rotatable bonds is 3. The first-order valence-electron chi connectivity index (χ1n) is 8.07.